The number of ketones is 2. The number of rotatable bonds is 50. The second kappa shape index (κ2) is 67.1. The maximum Gasteiger partial charge on any atom is 0.306 e. The molecule has 0 bridgehead atoms. The van der Waals surface area contributed by atoms with Gasteiger partial charge in [0.1, 0.15) is 13.2 Å². The smallest absolute Gasteiger partial charge is 0.306 e. The number of unbranched alkanes of at least 4 members (excludes halogenated alkanes) is 6. The normalized spacial score (nSPS) is 11.5. The van der Waals surface area contributed by atoms with Gasteiger partial charge < -0.3 is 59.6 Å². The van der Waals surface area contributed by atoms with E-state index in [2.05, 4.69) is 72.7 Å². The molecule has 0 heterocycles. The predicted molar refractivity (Wildman–Crippen MR) is 350 cm³/mol. The van der Waals surface area contributed by atoms with E-state index in [0.29, 0.717) is 75.9 Å². The Morgan fingerprint density at radius 3 is 1.11 bits per heavy atom. The van der Waals surface area contributed by atoms with Crippen molar-refractivity contribution in [2.24, 2.45) is 46.4 Å². The Morgan fingerprint density at radius 2 is 0.785 bits per heavy atom. The highest BCUT2D eigenvalue weighted by atomic mass is 32.2. The number of nitrogens with two attached hydrogens (primary N) is 5. The fraction of sp³-hybridized carbons (Fsp3) is 0.786. The van der Waals surface area contributed by atoms with E-state index < -0.39 is 0 Å². The molecule has 0 fully saturated rings. The molecule has 3 amide bonds. The van der Waals surface area contributed by atoms with E-state index in [4.69, 9.17) is 27.4 Å². The number of nitrogens with one attached hydrogen (secondary N) is 3. The van der Waals surface area contributed by atoms with Crippen LogP contribution in [0.25, 0.3) is 0 Å². The number of Topliss-reactive ketones (excluding diaryl/α,β-unsaturated/α-hetero) is 2. The van der Waals surface area contributed by atoms with Gasteiger partial charge in [-0.1, -0.05) is 72.8 Å². The van der Waals surface area contributed by atoms with Gasteiger partial charge in [-0.25, -0.2) is 0 Å². The van der Waals surface area contributed by atoms with Crippen LogP contribution in [0.15, 0.2) is 36.5 Å². The van der Waals surface area contributed by atoms with Crippen molar-refractivity contribution in [3.8, 4) is 0 Å². The molecule has 0 radical (unpaired) electrons. The first-order chi connectivity index (χ1) is 37.4. The van der Waals surface area contributed by atoms with Crippen LogP contribution in [0.2, 0.25) is 0 Å². The number of aliphatic hydroxyl groups is 2. The molecule has 0 aliphatic rings. The average Bonchev–Trinajstić information content (AvgIpc) is 3.43. The lowest BCUT2D eigenvalue weighted by Gasteiger charge is -2.19. The number of hydrogen-bond acceptors (Lipinski definition) is 20. The predicted octanol–water partition coefficient (Wildman–Crippen LogP) is 6.80. The highest BCUT2D eigenvalue weighted by Gasteiger charge is 2.14. The highest BCUT2D eigenvalue weighted by molar-refractivity contribution is 8.00. The summed E-state index contributed by atoms with van der Waals surface area (Å²) in [6.07, 6.45) is 12.1. The fourth-order valence-electron chi connectivity index (χ4n) is 5.75. The minimum Gasteiger partial charge on any atom is -0.469 e. The number of hydrogen-bond donors (Lipinski definition) is 10. The maximum atomic E-state index is 11.8. The number of esters is 1. The molecule has 17 nitrogen and oxygen atoms in total. The molecule has 0 aromatic heterocycles. The molecular weight excluding hydrogens is 1120 g/mol. The maximum absolute atomic E-state index is 11.8. The quantitative estimate of drug-likeness (QED) is 0.00983. The van der Waals surface area contributed by atoms with E-state index >= 15 is 0 Å². The summed E-state index contributed by atoms with van der Waals surface area (Å²) in [5.74, 6) is 11.6. The van der Waals surface area contributed by atoms with Crippen LogP contribution in [0.3, 0.4) is 0 Å². The molecule has 23 heteroatoms. The summed E-state index contributed by atoms with van der Waals surface area (Å²) in [6.45, 7) is 22.8. The third kappa shape index (κ3) is 66.9. The molecule has 0 saturated carbocycles. The molecule has 15 N–H and O–H groups in total. The number of amides is 3. The topological polar surface area (TPSA) is 318 Å². The molecule has 0 spiro atoms. The Balaban J connectivity index is -0.000000342. The van der Waals surface area contributed by atoms with Crippen LogP contribution in [0, 0.1) is 17.8 Å². The lowest BCUT2D eigenvalue weighted by Crippen LogP contribution is -2.24. The third-order valence-corrected chi connectivity index (χ3v) is 18.1. The average molecular weight is 1230 g/mol. The zero-order chi connectivity index (χ0) is 59.5. The summed E-state index contributed by atoms with van der Waals surface area (Å²) in [6, 6.07) is 0. The first-order valence-corrected chi connectivity index (χ1v) is 34.5. The number of ether oxygens (including phenoxy) is 1. The van der Waals surface area contributed by atoms with Crippen LogP contribution in [0.4, 0.5) is 0 Å². The van der Waals surface area contributed by atoms with Gasteiger partial charge in [0.05, 0.1) is 13.5 Å². The number of aliphatic hydroxyl groups excluding tert-OH is 2. The molecular formula is C56H112N8O9S6. The van der Waals surface area contributed by atoms with Gasteiger partial charge in [-0.05, 0) is 104 Å². The number of carbonyl (C=O) groups is 6. The summed E-state index contributed by atoms with van der Waals surface area (Å²) in [5, 5.41) is 26.1. The van der Waals surface area contributed by atoms with E-state index in [0.717, 1.165) is 158 Å². The minimum absolute atomic E-state index is 0. The van der Waals surface area contributed by atoms with E-state index in [9.17, 15) is 28.8 Å². The van der Waals surface area contributed by atoms with Gasteiger partial charge in [-0.3, -0.25) is 28.8 Å². The van der Waals surface area contributed by atoms with Crippen LogP contribution < -0.4 is 44.6 Å². The van der Waals surface area contributed by atoms with Crippen molar-refractivity contribution in [3.63, 3.8) is 0 Å². The molecule has 0 aliphatic heterocycles. The Hall–Kier alpha value is -1.74. The van der Waals surface area contributed by atoms with Crippen LogP contribution in [0.5, 0.6) is 0 Å². The molecule has 466 valence electrons. The lowest BCUT2D eigenvalue weighted by molar-refractivity contribution is -0.140. The first kappa shape index (κ1) is 86.1. The summed E-state index contributed by atoms with van der Waals surface area (Å²) in [5.41, 5.74) is 28.8. The second-order valence-electron chi connectivity index (χ2n) is 18.4. The van der Waals surface area contributed by atoms with Crippen molar-refractivity contribution in [3.05, 3.63) is 36.5 Å². The molecule has 0 aromatic rings. The standard InChI is InChI=1S/C22H42N4O2S2.C18H34N2O3S2.C14H26O4S2.CH6N2.CH4/c1-19(17-29-15-9-21(27)25-13-7-3-5-11-23)20(2)18-30-16-10-22(28)26-14-8-4-6-12-24;1-15(13-24-10-6-17(22)12-21)16(2)14-25-11-7-18(23)20-9-5-3-4-8-19;1-11(9-19-6-4-13(16)8-15)12(2)10-20-7-5-14(17)18-3;2-1-3;/h1-18,23-24H2,(H,25,27)(H,26,28);15,21H,2-14,19H2,1H3,(H,20,23);11-12,15H,4-10H2,1-3H3;1-3H2;1H4. The molecule has 3 atom stereocenters. The summed E-state index contributed by atoms with van der Waals surface area (Å²) < 4.78 is 4.60. The summed E-state index contributed by atoms with van der Waals surface area (Å²) in [4.78, 5) is 68.1. The SMILES string of the molecule is C.C=C(CSCCC(=O)NCCCCCN)C(=C)CSCCC(=O)NCCCCCN.C=C(CSCCC(=O)NCCCCCN)C(C)CSCCC(=O)CO.COC(=O)CCSCC(C)C(C)CSCCC(=O)CO.NCN. The third-order valence-electron chi connectivity index (χ3n) is 11.2. The molecule has 0 aromatic carbocycles. The number of methoxy groups -OCH3 is 1. The number of carbonyl (C=O) groups excluding carboxylic acids is 6. The Labute approximate surface area is 505 Å². The van der Waals surface area contributed by atoms with E-state index in [1.54, 1.807) is 70.6 Å². The van der Waals surface area contributed by atoms with Gasteiger partial charge in [-0.15, -0.1) is 0 Å². The van der Waals surface area contributed by atoms with Crippen LogP contribution in [0.1, 0.15) is 125 Å². The van der Waals surface area contributed by atoms with Crippen molar-refractivity contribution in [1.82, 2.24) is 16.0 Å². The summed E-state index contributed by atoms with van der Waals surface area (Å²) in [7, 11) is 1.41. The van der Waals surface area contributed by atoms with Crippen LogP contribution in [-0.2, 0) is 33.5 Å². The Bertz CT molecular complexity index is 1470. The molecule has 0 aliphatic carbocycles. The summed E-state index contributed by atoms with van der Waals surface area (Å²) >= 11 is 10.4. The number of thioether (sulfide) groups is 6. The van der Waals surface area contributed by atoms with Crippen molar-refractivity contribution in [2.45, 2.75) is 125 Å². The van der Waals surface area contributed by atoms with Gasteiger partial charge in [-0.2, -0.15) is 70.6 Å². The highest BCUT2D eigenvalue weighted by Crippen LogP contribution is 2.23. The molecule has 79 heavy (non-hydrogen) atoms. The van der Waals surface area contributed by atoms with E-state index in [1.165, 1.54) is 12.7 Å². The van der Waals surface area contributed by atoms with Crippen LogP contribution in [-0.4, -0.2) is 181 Å². The second-order valence-corrected chi connectivity index (χ2v) is 25.2. The van der Waals surface area contributed by atoms with Gasteiger partial charge in [0.25, 0.3) is 0 Å². The zero-order valence-corrected chi connectivity index (χ0v) is 53.3. The van der Waals surface area contributed by atoms with Gasteiger partial charge in [0.2, 0.25) is 17.7 Å². The van der Waals surface area contributed by atoms with Crippen molar-refractivity contribution in [1.29, 1.82) is 0 Å². The van der Waals surface area contributed by atoms with Crippen LogP contribution >= 0.6 is 70.6 Å². The van der Waals surface area contributed by atoms with E-state index in [1.807, 2.05) is 0 Å². The monoisotopic (exact) mass is 1230 g/mol. The Morgan fingerprint density at radius 1 is 0.468 bits per heavy atom. The zero-order valence-electron chi connectivity index (χ0n) is 48.4. The van der Waals surface area contributed by atoms with E-state index in [-0.39, 0.29) is 62.6 Å². The van der Waals surface area contributed by atoms with Crippen molar-refractivity contribution in [2.75, 3.05) is 135 Å². The van der Waals surface area contributed by atoms with Gasteiger partial charge in [0.15, 0.2) is 11.6 Å². The first-order valence-electron chi connectivity index (χ1n) is 27.6. The van der Waals surface area contributed by atoms with Crippen molar-refractivity contribution < 1.29 is 43.7 Å². The molecule has 0 rings (SSSR count). The lowest BCUT2D eigenvalue weighted by atomic mass is 10.0. The molecule has 3 unspecified atom stereocenters. The fourth-order valence-corrected chi connectivity index (χ4v) is 12.2. The van der Waals surface area contributed by atoms with Crippen molar-refractivity contribution >= 4 is 106 Å². The minimum atomic E-state index is -0.360. The van der Waals surface area contributed by atoms with Gasteiger partial charge >= 0.3 is 5.97 Å². The Kier molecular flexibility index (Phi) is 73.0. The largest absolute Gasteiger partial charge is 0.469 e. The van der Waals surface area contributed by atoms with Gasteiger partial charge in [0, 0.05) is 110 Å². The molecule has 0 saturated heterocycles.